The first kappa shape index (κ1) is 9.07. The van der Waals surface area contributed by atoms with Gasteiger partial charge in [0.1, 0.15) is 5.75 Å². The zero-order valence-electron chi connectivity index (χ0n) is 7.41. The van der Waals surface area contributed by atoms with Gasteiger partial charge in [-0.3, -0.25) is 0 Å². The quantitative estimate of drug-likeness (QED) is 0.637. The van der Waals surface area contributed by atoms with Crippen LogP contribution >= 0.6 is 0 Å². The van der Waals surface area contributed by atoms with Gasteiger partial charge in [-0.15, -0.1) is 0 Å². The lowest BCUT2D eigenvalue weighted by Gasteiger charge is -2.13. The highest BCUT2D eigenvalue weighted by Gasteiger charge is 2.00. The Balaban J connectivity index is 2.41. The first-order valence-corrected chi connectivity index (χ1v) is 4.07. The van der Waals surface area contributed by atoms with E-state index in [1.54, 1.807) is 0 Å². The van der Waals surface area contributed by atoms with Gasteiger partial charge in [-0.05, 0) is 32.0 Å². The smallest absolute Gasteiger partial charge is 0.196 e. The Morgan fingerprint density at radius 2 is 2.08 bits per heavy atom. The third-order valence-electron chi connectivity index (χ3n) is 1.39. The maximum atomic E-state index is 5.41. The SMILES string of the molecule is CCOC(C)Oc1cc[c]cc1. The molecule has 1 radical (unpaired) electrons. The highest BCUT2D eigenvalue weighted by molar-refractivity contribution is 5.20. The van der Waals surface area contributed by atoms with E-state index in [1.807, 2.05) is 38.1 Å². The summed E-state index contributed by atoms with van der Waals surface area (Å²) < 4.78 is 10.6. The van der Waals surface area contributed by atoms with Gasteiger partial charge in [-0.2, -0.15) is 0 Å². The van der Waals surface area contributed by atoms with E-state index < -0.39 is 0 Å². The molecule has 1 aromatic carbocycles. The molecule has 1 unspecified atom stereocenters. The summed E-state index contributed by atoms with van der Waals surface area (Å²) in [5.74, 6) is 0.815. The normalized spacial score (nSPS) is 12.5. The average Bonchev–Trinajstić information content (AvgIpc) is 2.06. The summed E-state index contributed by atoms with van der Waals surface area (Å²) in [6, 6.07) is 10.3. The zero-order valence-corrected chi connectivity index (χ0v) is 7.41. The minimum Gasteiger partial charge on any atom is -0.465 e. The lowest BCUT2D eigenvalue weighted by molar-refractivity contribution is -0.0613. The third-order valence-corrected chi connectivity index (χ3v) is 1.39. The summed E-state index contributed by atoms with van der Waals surface area (Å²) in [4.78, 5) is 0. The van der Waals surface area contributed by atoms with Crippen molar-refractivity contribution in [2.75, 3.05) is 6.61 Å². The van der Waals surface area contributed by atoms with Crippen LogP contribution in [0, 0.1) is 6.07 Å². The van der Waals surface area contributed by atoms with Crippen molar-refractivity contribution in [2.45, 2.75) is 20.1 Å². The van der Waals surface area contributed by atoms with E-state index in [1.165, 1.54) is 0 Å². The molecule has 2 nitrogen and oxygen atoms in total. The molecule has 1 rings (SSSR count). The van der Waals surface area contributed by atoms with E-state index in [-0.39, 0.29) is 6.29 Å². The van der Waals surface area contributed by atoms with Gasteiger partial charge in [0.25, 0.3) is 0 Å². The molecule has 0 saturated heterocycles. The van der Waals surface area contributed by atoms with Crippen molar-refractivity contribution in [1.29, 1.82) is 0 Å². The van der Waals surface area contributed by atoms with Gasteiger partial charge in [-0.25, -0.2) is 0 Å². The molecule has 0 N–H and O–H groups in total. The lowest BCUT2D eigenvalue weighted by atomic mass is 10.3. The molecule has 12 heavy (non-hydrogen) atoms. The van der Waals surface area contributed by atoms with Gasteiger partial charge in [0.2, 0.25) is 0 Å². The Kier molecular flexibility index (Phi) is 3.61. The predicted octanol–water partition coefficient (Wildman–Crippen LogP) is 2.25. The number of hydrogen-bond acceptors (Lipinski definition) is 2. The van der Waals surface area contributed by atoms with E-state index in [0.717, 1.165) is 5.75 Å². The predicted molar refractivity (Wildman–Crippen MR) is 47.0 cm³/mol. The summed E-state index contributed by atoms with van der Waals surface area (Å²) in [6.45, 7) is 4.49. The largest absolute Gasteiger partial charge is 0.465 e. The van der Waals surface area contributed by atoms with Crippen molar-refractivity contribution < 1.29 is 9.47 Å². The Bertz CT molecular complexity index is 208. The van der Waals surface area contributed by atoms with Crippen molar-refractivity contribution in [3.8, 4) is 5.75 Å². The molecular formula is C10H13O2. The van der Waals surface area contributed by atoms with Crippen LogP contribution in [0.4, 0.5) is 0 Å². The summed E-state index contributed by atoms with van der Waals surface area (Å²) in [5, 5.41) is 0. The molecular weight excluding hydrogens is 152 g/mol. The van der Waals surface area contributed by atoms with Crippen molar-refractivity contribution in [1.82, 2.24) is 0 Å². The monoisotopic (exact) mass is 165 g/mol. The summed E-state index contributed by atoms with van der Waals surface area (Å²) in [6.07, 6.45) is -0.183. The van der Waals surface area contributed by atoms with Crippen molar-refractivity contribution >= 4 is 0 Å². The first-order chi connectivity index (χ1) is 5.83. The van der Waals surface area contributed by atoms with Crippen molar-refractivity contribution in [3.05, 3.63) is 30.3 Å². The molecule has 0 fully saturated rings. The van der Waals surface area contributed by atoms with E-state index in [0.29, 0.717) is 6.61 Å². The van der Waals surface area contributed by atoms with Crippen LogP contribution in [0.5, 0.6) is 5.75 Å². The zero-order chi connectivity index (χ0) is 8.81. The molecule has 0 aromatic heterocycles. The fourth-order valence-corrected chi connectivity index (χ4v) is 0.911. The lowest BCUT2D eigenvalue weighted by Crippen LogP contribution is -2.15. The summed E-state index contributed by atoms with van der Waals surface area (Å²) in [5.41, 5.74) is 0. The van der Waals surface area contributed by atoms with Gasteiger partial charge in [0.05, 0.1) is 0 Å². The molecule has 1 atom stereocenters. The van der Waals surface area contributed by atoms with E-state index in [2.05, 4.69) is 6.07 Å². The Hall–Kier alpha value is -1.02. The Labute approximate surface area is 73.1 Å². The van der Waals surface area contributed by atoms with Crippen LogP contribution in [-0.2, 0) is 4.74 Å². The average molecular weight is 165 g/mol. The molecule has 0 saturated carbocycles. The fourth-order valence-electron chi connectivity index (χ4n) is 0.911. The summed E-state index contributed by atoms with van der Waals surface area (Å²) in [7, 11) is 0. The molecule has 0 aliphatic carbocycles. The van der Waals surface area contributed by atoms with Crippen LogP contribution in [0.3, 0.4) is 0 Å². The van der Waals surface area contributed by atoms with Gasteiger partial charge >= 0.3 is 0 Å². The second kappa shape index (κ2) is 4.78. The van der Waals surface area contributed by atoms with Gasteiger partial charge < -0.3 is 9.47 Å². The minimum atomic E-state index is -0.183. The summed E-state index contributed by atoms with van der Waals surface area (Å²) >= 11 is 0. The van der Waals surface area contributed by atoms with Gasteiger partial charge in [0, 0.05) is 6.61 Å². The molecule has 0 amide bonds. The molecule has 0 aliphatic rings. The van der Waals surface area contributed by atoms with E-state index in [9.17, 15) is 0 Å². The Morgan fingerprint density at radius 3 is 2.67 bits per heavy atom. The van der Waals surface area contributed by atoms with Crippen molar-refractivity contribution in [3.63, 3.8) is 0 Å². The Morgan fingerprint density at radius 1 is 1.42 bits per heavy atom. The minimum absolute atomic E-state index is 0.183. The third kappa shape index (κ3) is 2.93. The van der Waals surface area contributed by atoms with Crippen LogP contribution in [0.2, 0.25) is 0 Å². The number of hydrogen-bond donors (Lipinski definition) is 0. The molecule has 0 aliphatic heterocycles. The first-order valence-electron chi connectivity index (χ1n) is 4.07. The fraction of sp³-hybridized carbons (Fsp3) is 0.400. The molecule has 1 aromatic rings. The topological polar surface area (TPSA) is 18.5 Å². The second-order valence-electron chi connectivity index (χ2n) is 2.38. The number of benzene rings is 1. The maximum absolute atomic E-state index is 5.41. The van der Waals surface area contributed by atoms with Gasteiger partial charge in [0.15, 0.2) is 6.29 Å². The maximum Gasteiger partial charge on any atom is 0.196 e. The van der Waals surface area contributed by atoms with Crippen LogP contribution in [0.1, 0.15) is 13.8 Å². The number of rotatable bonds is 4. The van der Waals surface area contributed by atoms with Crippen LogP contribution < -0.4 is 4.74 Å². The highest BCUT2D eigenvalue weighted by Crippen LogP contribution is 2.10. The van der Waals surface area contributed by atoms with E-state index >= 15 is 0 Å². The second-order valence-corrected chi connectivity index (χ2v) is 2.38. The molecule has 0 bridgehead atoms. The van der Waals surface area contributed by atoms with Gasteiger partial charge in [-0.1, -0.05) is 12.1 Å². The highest BCUT2D eigenvalue weighted by atomic mass is 16.7. The molecule has 0 heterocycles. The molecule has 2 heteroatoms. The van der Waals surface area contributed by atoms with Crippen molar-refractivity contribution in [2.24, 2.45) is 0 Å². The van der Waals surface area contributed by atoms with Crippen LogP contribution in [0.15, 0.2) is 24.3 Å². The molecule has 65 valence electrons. The molecule has 0 spiro atoms. The van der Waals surface area contributed by atoms with E-state index in [4.69, 9.17) is 9.47 Å². The van der Waals surface area contributed by atoms with Crippen LogP contribution in [0.25, 0.3) is 0 Å². The number of ether oxygens (including phenoxy) is 2. The standard InChI is InChI=1S/C10H13O2/c1-3-11-9(2)12-10-7-5-4-6-8-10/h5-9H,3H2,1-2H3. The van der Waals surface area contributed by atoms with Crippen LogP contribution in [-0.4, -0.2) is 12.9 Å².